The third-order valence-electron chi connectivity index (χ3n) is 6.41. The van der Waals surface area contributed by atoms with Gasteiger partial charge >= 0.3 is 0 Å². The molecule has 4 aromatic rings. The van der Waals surface area contributed by atoms with E-state index in [1.54, 1.807) is 59.8 Å². The number of methoxy groups -OCH3 is 1. The molecule has 0 bridgehead atoms. The molecule has 1 aliphatic rings. The van der Waals surface area contributed by atoms with Crippen molar-refractivity contribution in [2.45, 2.75) is 11.4 Å². The number of nitrogens with zero attached hydrogens (tertiary/aromatic N) is 4. The van der Waals surface area contributed by atoms with Gasteiger partial charge in [-0.3, -0.25) is 24.4 Å². The molecule has 1 amide bonds. The van der Waals surface area contributed by atoms with Crippen molar-refractivity contribution in [3.8, 4) is 5.75 Å². The van der Waals surface area contributed by atoms with Crippen LogP contribution in [-0.4, -0.2) is 67.4 Å². The minimum atomic E-state index is -3.97. The van der Waals surface area contributed by atoms with E-state index < -0.39 is 10.0 Å². The maximum Gasteiger partial charge on any atom is 0.264 e. The van der Waals surface area contributed by atoms with Crippen molar-refractivity contribution < 1.29 is 17.9 Å². The average Bonchev–Trinajstić information content (AvgIpc) is 2.94. The summed E-state index contributed by atoms with van der Waals surface area (Å²) in [6, 6.07) is 17.0. The summed E-state index contributed by atoms with van der Waals surface area (Å²) in [5, 5.41) is 1.32. The fourth-order valence-electron chi connectivity index (χ4n) is 4.42. The fraction of sp³-hybridized carbons (Fsp3) is 0.222. The second-order valence-corrected chi connectivity index (χ2v) is 11.0. The topological polar surface area (TPSA) is 105 Å². The Balaban J connectivity index is 1.28. The zero-order valence-corrected chi connectivity index (χ0v) is 22.2. The minimum Gasteiger partial charge on any atom is -0.495 e. The Hall–Kier alpha value is -3.73. The quantitative estimate of drug-likeness (QED) is 0.369. The van der Waals surface area contributed by atoms with Crippen LogP contribution >= 0.6 is 11.6 Å². The lowest BCUT2D eigenvalue weighted by Gasteiger charge is -2.34. The van der Waals surface area contributed by atoms with Crippen molar-refractivity contribution in [2.75, 3.05) is 38.0 Å². The van der Waals surface area contributed by atoms with E-state index in [0.29, 0.717) is 54.2 Å². The Morgan fingerprint density at radius 3 is 2.55 bits per heavy atom. The Morgan fingerprint density at radius 1 is 1.03 bits per heavy atom. The highest BCUT2D eigenvalue weighted by molar-refractivity contribution is 7.93. The zero-order valence-electron chi connectivity index (χ0n) is 20.7. The van der Waals surface area contributed by atoms with Gasteiger partial charge in [0.1, 0.15) is 10.6 Å². The van der Waals surface area contributed by atoms with E-state index in [1.807, 2.05) is 12.1 Å². The van der Waals surface area contributed by atoms with Gasteiger partial charge in [-0.05, 0) is 42.5 Å². The number of pyridine rings is 2. The summed E-state index contributed by atoms with van der Waals surface area (Å²) in [5.74, 6) is 0.111. The van der Waals surface area contributed by atoms with Crippen molar-refractivity contribution >= 4 is 44.1 Å². The Kier molecular flexibility index (Phi) is 7.46. The Morgan fingerprint density at radius 2 is 1.82 bits per heavy atom. The van der Waals surface area contributed by atoms with Gasteiger partial charge < -0.3 is 9.64 Å². The number of para-hydroxylation sites is 1. The van der Waals surface area contributed by atoms with Gasteiger partial charge in [-0.15, -0.1) is 0 Å². The molecule has 196 valence electrons. The summed E-state index contributed by atoms with van der Waals surface area (Å²) in [4.78, 5) is 25.9. The van der Waals surface area contributed by atoms with Crippen LogP contribution in [-0.2, 0) is 16.6 Å². The number of nitrogens with one attached hydrogen (secondary N) is 1. The van der Waals surface area contributed by atoms with Gasteiger partial charge in [0.15, 0.2) is 0 Å². The molecular weight excluding hydrogens is 526 g/mol. The highest BCUT2D eigenvalue weighted by atomic mass is 35.5. The highest BCUT2D eigenvalue weighted by Crippen LogP contribution is 2.30. The van der Waals surface area contributed by atoms with Crippen LogP contribution in [0.5, 0.6) is 5.75 Å². The second-order valence-electron chi connectivity index (χ2n) is 8.89. The van der Waals surface area contributed by atoms with Gasteiger partial charge in [0.2, 0.25) is 0 Å². The van der Waals surface area contributed by atoms with Gasteiger partial charge in [-0.25, -0.2) is 8.42 Å². The first-order valence-electron chi connectivity index (χ1n) is 12.0. The standard InChI is InChI=1S/C27H26ClN5O4S/c1-37-24-16-20(27(34)33-14-12-32(13-15-33)18-22-9-8-21(28)17-30-22)7-10-23(24)31-38(35,36)25-6-2-4-19-5-3-11-29-26(19)25/h2-11,16-17,31H,12-15,18H2,1H3. The van der Waals surface area contributed by atoms with Crippen LogP contribution in [0.2, 0.25) is 5.02 Å². The van der Waals surface area contributed by atoms with Crippen molar-refractivity contribution in [1.82, 2.24) is 19.8 Å². The maximum absolute atomic E-state index is 13.2. The van der Waals surface area contributed by atoms with E-state index in [1.165, 1.54) is 13.2 Å². The summed E-state index contributed by atoms with van der Waals surface area (Å²) in [5.41, 5.74) is 1.96. The van der Waals surface area contributed by atoms with Crippen LogP contribution in [0.15, 0.2) is 78.0 Å². The van der Waals surface area contributed by atoms with Crippen molar-refractivity contribution in [3.63, 3.8) is 0 Å². The number of fused-ring (bicyclic) bond motifs is 1. The average molecular weight is 552 g/mol. The van der Waals surface area contributed by atoms with Crippen LogP contribution in [0.25, 0.3) is 10.9 Å². The predicted molar refractivity (Wildman–Crippen MR) is 146 cm³/mol. The molecule has 0 radical (unpaired) electrons. The number of aromatic nitrogens is 2. The molecule has 11 heteroatoms. The van der Waals surface area contributed by atoms with Gasteiger partial charge in [0, 0.05) is 56.1 Å². The first-order chi connectivity index (χ1) is 18.3. The molecule has 1 saturated heterocycles. The lowest BCUT2D eigenvalue weighted by Crippen LogP contribution is -2.48. The Labute approximate surface area is 226 Å². The molecule has 9 nitrogen and oxygen atoms in total. The number of carbonyl (C=O) groups excluding carboxylic acids is 1. The molecule has 1 N–H and O–H groups in total. The number of benzene rings is 2. The third kappa shape index (κ3) is 5.57. The number of amides is 1. The van der Waals surface area contributed by atoms with Gasteiger partial charge in [0.05, 0.1) is 29.0 Å². The van der Waals surface area contributed by atoms with Crippen LogP contribution < -0.4 is 9.46 Å². The van der Waals surface area contributed by atoms with Crippen molar-refractivity contribution in [1.29, 1.82) is 0 Å². The molecule has 0 atom stereocenters. The third-order valence-corrected chi connectivity index (χ3v) is 8.03. The summed E-state index contributed by atoms with van der Waals surface area (Å²) in [6.07, 6.45) is 3.18. The van der Waals surface area contributed by atoms with E-state index in [-0.39, 0.29) is 22.2 Å². The molecule has 0 spiro atoms. The summed E-state index contributed by atoms with van der Waals surface area (Å²) in [7, 11) is -2.53. The monoisotopic (exact) mass is 551 g/mol. The molecule has 0 unspecified atom stereocenters. The van der Waals surface area contributed by atoms with Crippen molar-refractivity contribution in [3.05, 3.63) is 89.3 Å². The van der Waals surface area contributed by atoms with E-state index in [4.69, 9.17) is 16.3 Å². The van der Waals surface area contributed by atoms with E-state index in [9.17, 15) is 13.2 Å². The molecule has 5 rings (SSSR count). The summed E-state index contributed by atoms with van der Waals surface area (Å²) >= 11 is 5.91. The molecule has 1 aliphatic heterocycles. The number of hydrogen-bond donors (Lipinski definition) is 1. The first kappa shape index (κ1) is 25.9. The number of sulfonamides is 1. The lowest BCUT2D eigenvalue weighted by molar-refractivity contribution is 0.0626. The first-order valence-corrected chi connectivity index (χ1v) is 13.9. The van der Waals surface area contributed by atoms with Gasteiger partial charge in [0.25, 0.3) is 15.9 Å². The molecule has 2 aromatic heterocycles. The SMILES string of the molecule is COc1cc(C(=O)N2CCN(Cc3ccc(Cl)cn3)CC2)ccc1NS(=O)(=O)c1cccc2cccnc12. The number of halogens is 1. The molecular formula is C27H26ClN5O4S. The smallest absolute Gasteiger partial charge is 0.264 e. The van der Waals surface area contributed by atoms with Crippen LogP contribution in [0.1, 0.15) is 16.1 Å². The fourth-order valence-corrected chi connectivity index (χ4v) is 5.78. The predicted octanol–water partition coefficient (Wildman–Crippen LogP) is 4.05. The molecule has 38 heavy (non-hydrogen) atoms. The number of anilines is 1. The van der Waals surface area contributed by atoms with Crippen LogP contribution in [0, 0.1) is 0 Å². The summed E-state index contributed by atoms with van der Waals surface area (Å²) in [6.45, 7) is 3.25. The number of hydrogen-bond acceptors (Lipinski definition) is 7. The molecule has 1 fully saturated rings. The van der Waals surface area contributed by atoms with Crippen molar-refractivity contribution in [2.24, 2.45) is 0 Å². The molecule has 3 heterocycles. The number of carbonyl (C=O) groups is 1. The zero-order chi connectivity index (χ0) is 26.7. The van der Waals surface area contributed by atoms with Crippen LogP contribution in [0.4, 0.5) is 5.69 Å². The lowest BCUT2D eigenvalue weighted by atomic mass is 10.1. The molecule has 0 saturated carbocycles. The normalized spacial score (nSPS) is 14.4. The minimum absolute atomic E-state index is 0.0597. The van der Waals surface area contributed by atoms with E-state index in [0.717, 1.165) is 5.69 Å². The maximum atomic E-state index is 13.2. The second kappa shape index (κ2) is 10.9. The molecule has 2 aromatic carbocycles. The van der Waals surface area contributed by atoms with Gasteiger partial charge in [-0.1, -0.05) is 29.8 Å². The highest BCUT2D eigenvalue weighted by Gasteiger charge is 2.25. The van der Waals surface area contributed by atoms with Gasteiger partial charge in [-0.2, -0.15) is 0 Å². The molecule has 0 aliphatic carbocycles. The van der Waals surface area contributed by atoms with E-state index in [2.05, 4.69) is 19.6 Å². The van der Waals surface area contributed by atoms with Crippen LogP contribution in [0.3, 0.4) is 0 Å². The summed E-state index contributed by atoms with van der Waals surface area (Å²) < 4.78 is 34.5. The van der Waals surface area contributed by atoms with E-state index >= 15 is 0 Å². The largest absolute Gasteiger partial charge is 0.495 e. The Bertz CT molecular complexity index is 1570. The number of piperazine rings is 1. The number of rotatable bonds is 7. The number of ether oxygens (including phenoxy) is 1.